The molecule has 2 unspecified atom stereocenters. The maximum Gasteiger partial charge on any atom is 0.0168 e. The number of rotatable bonds is 3. The second-order valence-electron chi connectivity index (χ2n) is 4.91. The molecule has 82 valence electrons. The highest BCUT2D eigenvalue weighted by Crippen LogP contribution is 2.27. The van der Waals surface area contributed by atoms with Crippen LogP contribution in [0.15, 0.2) is 0 Å². The Labute approximate surface area is 92.4 Å². The van der Waals surface area contributed by atoms with Crippen LogP contribution in [0.5, 0.6) is 0 Å². The summed E-state index contributed by atoms with van der Waals surface area (Å²) in [7, 11) is 0. The summed E-state index contributed by atoms with van der Waals surface area (Å²) in [5.41, 5.74) is 0. The van der Waals surface area contributed by atoms with Gasteiger partial charge in [-0.1, -0.05) is 19.3 Å². The first-order valence-electron chi connectivity index (χ1n) is 6.20. The summed E-state index contributed by atoms with van der Waals surface area (Å²) in [6, 6.07) is 1.58. The van der Waals surface area contributed by atoms with E-state index in [2.05, 4.69) is 24.0 Å². The lowest BCUT2D eigenvalue weighted by Crippen LogP contribution is -2.41. The van der Waals surface area contributed by atoms with Crippen molar-refractivity contribution in [1.29, 1.82) is 0 Å². The van der Waals surface area contributed by atoms with Gasteiger partial charge in [-0.25, -0.2) is 0 Å². The van der Waals surface area contributed by atoms with Gasteiger partial charge in [0, 0.05) is 17.8 Å². The Hall–Kier alpha value is 0.310. The lowest BCUT2D eigenvalue weighted by atomic mass is 9.84. The van der Waals surface area contributed by atoms with Crippen LogP contribution in [0.2, 0.25) is 0 Å². The molecule has 1 N–H and O–H groups in total. The Balaban J connectivity index is 1.72. The molecule has 1 nitrogen and oxygen atoms in total. The molecule has 2 heteroatoms. The molecule has 1 saturated heterocycles. The summed E-state index contributed by atoms with van der Waals surface area (Å²) in [5.74, 6) is 3.68. The Morgan fingerprint density at radius 2 is 1.93 bits per heavy atom. The summed E-state index contributed by atoms with van der Waals surface area (Å²) < 4.78 is 0. The van der Waals surface area contributed by atoms with E-state index in [9.17, 15) is 0 Å². The van der Waals surface area contributed by atoms with E-state index in [1.807, 2.05) is 0 Å². The summed E-state index contributed by atoms with van der Waals surface area (Å²) in [5, 5.41) is 3.83. The van der Waals surface area contributed by atoms with Gasteiger partial charge >= 0.3 is 0 Å². The van der Waals surface area contributed by atoms with Gasteiger partial charge in [0.2, 0.25) is 0 Å². The minimum atomic E-state index is 0.763. The average molecular weight is 213 g/mol. The Morgan fingerprint density at radius 1 is 1.14 bits per heavy atom. The van der Waals surface area contributed by atoms with Crippen molar-refractivity contribution in [2.75, 3.05) is 11.5 Å². The molecule has 1 heterocycles. The van der Waals surface area contributed by atoms with E-state index >= 15 is 0 Å². The van der Waals surface area contributed by atoms with Crippen LogP contribution in [0.25, 0.3) is 0 Å². The highest BCUT2D eigenvalue weighted by Gasteiger charge is 2.23. The number of hydrogen-bond acceptors (Lipinski definition) is 2. The SMILES string of the molecule is CC(NC1CCSC1)C1CCCCC1. The van der Waals surface area contributed by atoms with Gasteiger partial charge in [-0.2, -0.15) is 11.8 Å². The van der Waals surface area contributed by atoms with Crippen LogP contribution in [0.3, 0.4) is 0 Å². The normalized spacial score (nSPS) is 31.9. The molecule has 1 saturated carbocycles. The highest BCUT2D eigenvalue weighted by molar-refractivity contribution is 7.99. The average Bonchev–Trinajstić information content (AvgIpc) is 2.72. The molecule has 2 aliphatic rings. The maximum absolute atomic E-state index is 3.83. The topological polar surface area (TPSA) is 12.0 Å². The van der Waals surface area contributed by atoms with Gasteiger partial charge < -0.3 is 5.32 Å². The smallest absolute Gasteiger partial charge is 0.0168 e. The van der Waals surface area contributed by atoms with Crippen molar-refractivity contribution in [3.63, 3.8) is 0 Å². The summed E-state index contributed by atoms with van der Waals surface area (Å²) in [6.45, 7) is 2.40. The second kappa shape index (κ2) is 5.41. The lowest BCUT2D eigenvalue weighted by Gasteiger charge is -2.30. The molecule has 0 aromatic heterocycles. The van der Waals surface area contributed by atoms with Crippen molar-refractivity contribution in [3.05, 3.63) is 0 Å². The van der Waals surface area contributed by atoms with Crippen LogP contribution in [-0.4, -0.2) is 23.6 Å². The zero-order valence-electron chi connectivity index (χ0n) is 9.30. The molecule has 0 spiro atoms. The molecule has 0 aromatic rings. The van der Waals surface area contributed by atoms with Crippen LogP contribution in [0, 0.1) is 5.92 Å². The minimum Gasteiger partial charge on any atom is -0.310 e. The fourth-order valence-electron chi connectivity index (χ4n) is 2.81. The quantitative estimate of drug-likeness (QED) is 0.773. The number of nitrogens with one attached hydrogen (secondary N) is 1. The Morgan fingerprint density at radius 3 is 2.57 bits per heavy atom. The molecule has 2 rings (SSSR count). The van der Waals surface area contributed by atoms with Crippen molar-refractivity contribution >= 4 is 11.8 Å². The third-order valence-corrected chi connectivity index (χ3v) is 4.95. The largest absolute Gasteiger partial charge is 0.310 e. The molecule has 14 heavy (non-hydrogen) atoms. The Bertz CT molecular complexity index is 160. The highest BCUT2D eigenvalue weighted by atomic mass is 32.2. The van der Waals surface area contributed by atoms with E-state index in [1.54, 1.807) is 0 Å². The summed E-state index contributed by atoms with van der Waals surface area (Å²) in [6.07, 6.45) is 8.73. The van der Waals surface area contributed by atoms with Crippen LogP contribution < -0.4 is 5.32 Å². The van der Waals surface area contributed by atoms with E-state index in [-0.39, 0.29) is 0 Å². The first kappa shape index (κ1) is 10.8. The zero-order chi connectivity index (χ0) is 9.80. The van der Waals surface area contributed by atoms with Gasteiger partial charge in [-0.15, -0.1) is 0 Å². The van der Waals surface area contributed by atoms with Crippen molar-refractivity contribution < 1.29 is 0 Å². The standard InChI is InChI=1S/C12H23NS/c1-10(11-5-3-2-4-6-11)13-12-7-8-14-9-12/h10-13H,2-9H2,1H3. The fourth-order valence-corrected chi connectivity index (χ4v) is 3.97. The first-order valence-corrected chi connectivity index (χ1v) is 7.35. The molecular weight excluding hydrogens is 190 g/mol. The van der Waals surface area contributed by atoms with Gasteiger partial charge in [-0.3, -0.25) is 0 Å². The second-order valence-corrected chi connectivity index (χ2v) is 6.06. The lowest BCUT2D eigenvalue weighted by molar-refractivity contribution is 0.268. The Kier molecular flexibility index (Phi) is 4.18. The third kappa shape index (κ3) is 2.90. The van der Waals surface area contributed by atoms with E-state index < -0.39 is 0 Å². The monoisotopic (exact) mass is 213 g/mol. The van der Waals surface area contributed by atoms with E-state index in [4.69, 9.17) is 0 Å². The van der Waals surface area contributed by atoms with Gasteiger partial charge in [-0.05, 0) is 37.9 Å². The van der Waals surface area contributed by atoms with E-state index in [1.165, 1.54) is 50.0 Å². The molecule has 1 aliphatic carbocycles. The van der Waals surface area contributed by atoms with E-state index in [0.29, 0.717) is 0 Å². The predicted molar refractivity (Wildman–Crippen MR) is 64.9 cm³/mol. The summed E-state index contributed by atoms with van der Waals surface area (Å²) >= 11 is 2.11. The van der Waals surface area contributed by atoms with Crippen molar-refractivity contribution in [2.24, 2.45) is 5.92 Å². The van der Waals surface area contributed by atoms with E-state index in [0.717, 1.165) is 18.0 Å². The first-order chi connectivity index (χ1) is 6.86. The van der Waals surface area contributed by atoms with Crippen LogP contribution in [0.1, 0.15) is 45.4 Å². The van der Waals surface area contributed by atoms with Gasteiger partial charge in [0.15, 0.2) is 0 Å². The molecule has 0 radical (unpaired) electrons. The van der Waals surface area contributed by atoms with Crippen molar-refractivity contribution in [3.8, 4) is 0 Å². The van der Waals surface area contributed by atoms with Crippen LogP contribution >= 0.6 is 11.8 Å². The van der Waals surface area contributed by atoms with Crippen molar-refractivity contribution in [2.45, 2.75) is 57.5 Å². The molecule has 1 aliphatic heterocycles. The molecule has 0 bridgehead atoms. The number of hydrogen-bond donors (Lipinski definition) is 1. The van der Waals surface area contributed by atoms with Crippen LogP contribution in [0.4, 0.5) is 0 Å². The number of thioether (sulfide) groups is 1. The molecular formula is C12H23NS. The minimum absolute atomic E-state index is 0.763. The molecule has 2 atom stereocenters. The molecule has 0 aromatic carbocycles. The zero-order valence-corrected chi connectivity index (χ0v) is 10.1. The van der Waals surface area contributed by atoms with Gasteiger partial charge in [0.25, 0.3) is 0 Å². The predicted octanol–water partition coefficient (Wildman–Crippen LogP) is 3.05. The maximum atomic E-state index is 3.83. The van der Waals surface area contributed by atoms with Crippen molar-refractivity contribution in [1.82, 2.24) is 5.32 Å². The summed E-state index contributed by atoms with van der Waals surface area (Å²) in [4.78, 5) is 0. The third-order valence-electron chi connectivity index (χ3n) is 3.79. The fraction of sp³-hybridized carbons (Fsp3) is 1.00. The van der Waals surface area contributed by atoms with Gasteiger partial charge in [0.05, 0.1) is 0 Å². The van der Waals surface area contributed by atoms with Gasteiger partial charge in [0.1, 0.15) is 0 Å². The molecule has 2 fully saturated rings. The molecule has 0 amide bonds. The van der Waals surface area contributed by atoms with Crippen LogP contribution in [-0.2, 0) is 0 Å².